The third-order valence-electron chi connectivity index (χ3n) is 3.34. The third-order valence-corrected chi connectivity index (χ3v) is 6.07. The van der Waals surface area contributed by atoms with Crippen LogP contribution in [-0.2, 0) is 19.9 Å². The molecule has 0 amide bonds. The summed E-state index contributed by atoms with van der Waals surface area (Å²) < 4.78 is 49.9. The van der Waals surface area contributed by atoms with Crippen molar-refractivity contribution in [2.24, 2.45) is 5.92 Å². The maximum Gasteiger partial charge on any atom is 0.240 e. The van der Waals surface area contributed by atoms with Gasteiger partial charge in [-0.1, -0.05) is 26.7 Å². The zero-order valence-corrected chi connectivity index (χ0v) is 15.2. The molecule has 0 spiro atoms. The van der Waals surface area contributed by atoms with Crippen LogP contribution in [0.5, 0.6) is 0 Å². The number of nitrogens with one attached hydrogen (secondary N) is 1. The second-order valence-corrected chi connectivity index (χ2v) is 9.82. The van der Waals surface area contributed by atoms with E-state index in [1.165, 1.54) is 24.3 Å². The van der Waals surface area contributed by atoms with Crippen molar-refractivity contribution in [3.63, 3.8) is 0 Å². The van der Waals surface area contributed by atoms with Crippen molar-refractivity contribution in [3.05, 3.63) is 24.3 Å². The van der Waals surface area contributed by atoms with Crippen molar-refractivity contribution in [2.45, 2.75) is 55.9 Å². The molecule has 1 aromatic rings. The molecule has 1 atom stereocenters. The van der Waals surface area contributed by atoms with Gasteiger partial charge in [0.25, 0.3) is 0 Å². The molecule has 0 radical (unpaired) electrons. The van der Waals surface area contributed by atoms with Gasteiger partial charge in [-0.15, -0.1) is 0 Å². The lowest BCUT2D eigenvalue weighted by Gasteiger charge is -2.15. The van der Waals surface area contributed by atoms with E-state index in [9.17, 15) is 16.8 Å². The van der Waals surface area contributed by atoms with Crippen molar-refractivity contribution < 1.29 is 16.8 Å². The Bertz CT molecular complexity index is 677. The average Bonchev–Trinajstić information content (AvgIpc) is 2.36. The summed E-state index contributed by atoms with van der Waals surface area (Å²) in [5.74, 6) is 0.604. The molecule has 1 aromatic carbocycles. The summed E-state index contributed by atoms with van der Waals surface area (Å²) in [5.41, 5.74) is 0. The Balaban J connectivity index is 2.74. The van der Waals surface area contributed by atoms with Crippen LogP contribution in [0, 0.1) is 5.92 Å². The van der Waals surface area contributed by atoms with Gasteiger partial charge in [0.05, 0.1) is 9.79 Å². The topological polar surface area (TPSA) is 80.3 Å². The molecule has 7 heteroatoms. The van der Waals surface area contributed by atoms with E-state index < -0.39 is 19.9 Å². The van der Waals surface area contributed by atoms with E-state index in [-0.39, 0.29) is 15.8 Å². The van der Waals surface area contributed by atoms with E-state index in [2.05, 4.69) is 18.6 Å². The van der Waals surface area contributed by atoms with Gasteiger partial charge in [-0.05, 0) is 43.5 Å². The fraction of sp³-hybridized carbons (Fsp3) is 0.600. The van der Waals surface area contributed by atoms with Crippen molar-refractivity contribution >= 4 is 19.9 Å². The molecule has 0 bridgehead atoms. The van der Waals surface area contributed by atoms with Gasteiger partial charge in [-0.2, -0.15) is 0 Å². The lowest BCUT2D eigenvalue weighted by molar-refractivity contribution is 0.488. The summed E-state index contributed by atoms with van der Waals surface area (Å²) in [6.45, 7) is 6.11. The first kappa shape index (κ1) is 19.1. The Morgan fingerprint density at radius 1 is 0.909 bits per heavy atom. The summed E-state index contributed by atoms with van der Waals surface area (Å²) >= 11 is 0. The Kier molecular flexibility index (Phi) is 6.58. The van der Waals surface area contributed by atoms with Gasteiger partial charge >= 0.3 is 0 Å². The second-order valence-electron chi connectivity index (χ2n) is 6.09. The van der Waals surface area contributed by atoms with Gasteiger partial charge < -0.3 is 0 Å². The Hall–Kier alpha value is -0.920. The third kappa shape index (κ3) is 6.06. The molecule has 0 fully saturated rings. The fourth-order valence-corrected chi connectivity index (χ4v) is 4.00. The normalized spacial score (nSPS) is 14.2. The first-order valence-electron chi connectivity index (χ1n) is 7.35. The van der Waals surface area contributed by atoms with Crippen molar-refractivity contribution in [1.29, 1.82) is 0 Å². The number of hydrogen-bond acceptors (Lipinski definition) is 4. The molecule has 0 aliphatic rings. The highest BCUT2D eigenvalue weighted by molar-refractivity contribution is 7.90. The fourth-order valence-electron chi connectivity index (χ4n) is 2.09. The number of sulfonamides is 1. The minimum absolute atomic E-state index is 0.0793. The molecule has 0 aromatic heterocycles. The lowest BCUT2D eigenvalue weighted by Crippen LogP contribution is -2.32. The Morgan fingerprint density at radius 3 is 1.86 bits per heavy atom. The minimum atomic E-state index is -3.62. The largest absolute Gasteiger partial charge is 0.240 e. The van der Waals surface area contributed by atoms with Crippen LogP contribution in [0.15, 0.2) is 34.1 Å². The molecule has 1 rings (SSSR count). The van der Waals surface area contributed by atoms with Gasteiger partial charge in [0.15, 0.2) is 9.84 Å². The second kappa shape index (κ2) is 7.57. The smallest absolute Gasteiger partial charge is 0.224 e. The van der Waals surface area contributed by atoms with Crippen LogP contribution in [0.3, 0.4) is 0 Å². The van der Waals surface area contributed by atoms with Crippen LogP contribution in [0.2, 0.25) is 0 Å². The van der Waals surface area contributed by atoms with Gasteiger partial charge in [-0.25, -0.2) is 21.6 Å². The predicted octanol–water partition coefficient (Wildman–Crippen LogP) is 2.58. The van der Waals surface area contributed by atoms with E-state index in [0.29, 0.717) is 5.92 Å². The molecule has 5 nitrogen and oxygen atoms in total. The van der Waals surface area contributed by atoms with Gasteiger partial charge in [-0.3, -0.25) is 0 Å². The van der Waals surface area contributed by atoms with Crippen LogP contribution in [0.4, 0.5) is 0 Å². The van der Waals surface area contributed by atoms with E-state index in [1.54, 1.807) is 0 Å². The molecular weight excluding hydrogens is 322 g/mol. The highest BCUT2D eigenvalue weighted by atomic mass is 32.2. The van der Waals surface area contributed by atoms with Gasteiger partial charge in [0, 0.05) is 12.3 Å². The monoisotopic (exact) mass is 347 g/mol. The van der Waals surface area contributed by atoms with Crippen LogP contribution >= 0.6 is 0 Å². The standard InChI is InChI=1S/C15H25NO4S2/c1-12(2)6-5-7-13(3)16-22(19,20)15-10-8-14(9-11-15)21(4,17)18/h8-13,16H,5-7H2,1-4H3/t13-/m1/s1. The van der Waals surface area contributed by atoms with Gasteiger partial charge in [0.1, 0.15) is 0 Å². The quantitative estimate of drug-likeness (QED) is 0.784. The molecule has 0 aliphatic heterocycles. The SMILES string of the molecule is CC(C)CCC[C@@H](C)NS(=O)(=O)c1ccc(S(C)(=O)=O)cc1. The van der Waals surface area contributed by atoms with E-state index in [4.69, 9.17) is 0 Å². The molecule has 0 aliphatic carbocycles. The summed E-state index contributed by atoms with van der Waals surface area (Å²) in [4.78, 5) is 0.187. The van der Waals surface area contributed by atoms with Gasteiger partial charge in [0.2, 0.25) is 10.0 Å². The van der Waals surface area contributed by atoms with Crippen LogP contribution in [-0.4, -0.2) is 29.1 Å². The molecule has 126 valence electrons. The van der Waals surface area contributed by atoms with E-state index >= 15 is 0 Å². The highest BCUT2D eigenvalue weighted by Crippen LogP contribution is 2.16. The Labute approximate surface area is 134 Å². The van der Waals surface area contributed by atoms with Crippen LogP contribution in [0.25, 0.3) is 0 Å². The van der Waals surface area contributed by atoms with Crippen molar-refractivity contribution in [3.8, 4) is 0 Å². The number of benzene rings is 1. The molecule has 22 heavy (non-hydrogen) atoms. The van der Waals surface area contributed by atoms with Crippen molar-refractivity contribution in [1.82, 2.24) is 4.72 Å². The number of rotatable bonds is 8. The van der Waals surface area contributed by atoms with E-state index in [1.807, 2.05) is 6.92 Å². The van der Waals surface area contributed by atoms with Crippen LogP contribution < -0.4 is 4.72 Å². The Morgan fingerprint density at radius 2 is 1.41 bits per heavy atom. The maximum absolute atomic E-state index is 12.2. The average molecular weight is 348 g/mol. The summed E-state index contributed by atoms with van der Waals surface area (Å²) in [6.07, 6.45) is 3.90. The van der Waals surface area contributed by atoms with Crippen LogP contribution in [0.1, 0.15) is 40.0 Å². The summed E-state index contributed by atoms with van der Waals surface area (Å²) in [5, 5.41) is 0. The maximum atomic E-state index is 12.2. The highest BCUT2D eigenvalue weighted by Gasteiger charge is 2.18. The molecule has 0 saturated heterocycles. The zero-order valence-electron chi connectivity index (χ0n) is 13.5. The minimum Gasteiger partial charge on any atom is -0.224 e. The zero-order chi connectivity index (χ0) is 17.0. The summed E-state index contributed by atoms with van der Waals surface area (Å²) in [7, 11) is -6.94. The van der Waals surface area contributed by atoms with E-state index in [0.717, 1.165) is 25.5 Å². The molecular formula is C15H25NO4S2. The molecule has 0 unspecified atom stereocenters. The number of hydrogen-bond donors (Lipinski definition) is 1. The predicted molar refractivity (Wildman–Crippen MR) is 88.0 cm³/mol. The molecule has 0 saturated carbocycles. The summed E-state index contributed by atoms with van der Waals surface area (Å²) in [6, 6.07) is 5.11. The number of sulfone groups is 1. The molecule has 0 heterocycles. The molecule has 1 N–H and O–H groups in total. The van der Waals surface area contributed by atoms with Crippen molar-refractivity contribution in [2.75, 3.05) is 6.26 Å². The first-order valence-corrected chi connectivity index (χ1v) is 10.7. The first-order chi connectivity index (χ1) is 10.0. The lowest BCUT2D eigenvalue weighted by atomic mass is 10.0.